The molecule has 1 unspecified atom stereocenters. The lowest BCUT2D eigenvalue weighted by molar-refractivity contribution is -0.136. The monoisotopic (exact) mass is 320 g/mol. The molecule has 6 nitrogen and oxygen atoms in total. The van der Waals surface area contributed by atoms with Gasteiger partial charge in [-0.3, -0.25) is 14.7 Å². The van der Waals surface area contributed by atoms with Crippen molar-refractivity contribution in [2.75, 3.05) is 19.6 Å². The normalized spacial score (nSPS) is 17.1. The predicted molar refractivity (Wildman–Crippen MR) is 89.1 cm³/mol. The average molecular weight is 320 g/mol. The van der Waals surface area contributed by atoms with E-state index in [0.717, 1.165) is 42.8 Å². The highest BCUT2D eigenvalue weighted by atomic mass is 16.2. The van der Waals surface area contributed by atoms with Gasteiger partial charge in [0.15, 0.2) is 0 Å². The van der Waals surface area contributed by atoms with Crippen LogP contribution in [0.1, 0.15) is 56.0 Å². The van der Waals surface area contributed by atoms with E-state index in [-0.39, 0.29) is 23.7 Å². The molecular formula is C17H28N4O2. The molecule has 128 valence electrons. The van der Waals surface area contributed by atoms with Crippen LogP contribution in [0.25, 0.3) is 0 Å². The van der Waals surface area contributed by atoms with Gasteiger partial charge >= 0.3 is 0 Å². The molecule has 0 aromatic carbocycles. The van der Waals surface area contributed by atoms with Gasteiger partial charge in [-0.1, -0.05) is 6.92 Å². The Bertz CT molecular complexity index is 539. The van der Waals surface area contributed by atoms with Gasteiger partial charge in [-0.05, 0) is 40.0 Å². The molecule has 1 aromatic heterocycles. The van der Waals surface area contributed by atoms with Crippen molar-refractivity contribution in [2.24, 2.45) is 5.92 Å². The number of likely N-dealkylation sites (tertiary alicyclic amines) is 1. The second-order valence-electron chi connectivity index (χ2n) is 6.46. The number of nitrogens with zero attached hydrogens (tertiary/aromatic N) is 2. The van der Waals surface area contributed by atoms with Gasteiger partial charge in [0.1, 0.15) is 0 Å². The average Bonchev–Trinajstić information content (AvgIpc) is 2.90. The van der Waals surface area contributed by atoms with Crippen LogP contribution >= 0.6 is 0 Å². The summed E-state index contributed by atoms with van der Waals surface area (Å²) in [5.41, 5.74) is 2.84. The predicted octanol–water partition coefficient (Wildman–Crippen LogP) is 1.89. The third kappa shape index (κ3) is 3.92. The molecule has 0 spiro atoms. The van der Waals surface area contributed by atoms with Gasteiger partial charge in [0.05, 0.1) is 11.6 Å². The molecule has 23 heavy (non-hydrogen) atoms. The van der Waals surface area contributed by atoms with E-state index in [1.54, 1.807) is 0 Å². The zero-order valence-corrected chi connectivity index (χ0v) is 14.6. The molecule has 1 aromatic rings. The molecule has 6 heteroatoms. The Kier molecular flexibility index (Phi) is 5.80. The molecule has 1 atom stereocenters. The number of hydrogen-bond donors (Lipinski definition) is 2. The summed E-state index contributed by atoms with van der Waals surface area (Å²) in [6.07, 6.45) is 2.44. The van der Waals surface area contributed by atoms with Gasteiger partial charge < -0.3 is 10.2 Å². The number of hydrogen-bond acceptors (Lipinski definition) is 3. The number of rotatable bonds is 5. The number of nitrogens with one attached hydrogen (secondary N) is 2. The third-order valence-electron chi connectivity index (χ3n) is 4.72. The quantitative estimate of drug-likeness (QED) is 0.869. The van der Waals surface area contributed by atoms with Crippen LogP contribution < -0.4 is 5.32 Å². The number of aryl methyl sites for hydroxylation is 2. The van der Waals surface area contributed by atoms with Gasteiger partial charge in [0.25, 0.3) is 0 Å². The number of carbonyl (C=O) groups is 2. The van der Waals surface area contributed by atoms with Crippen molar-refractivity contribution < 1.29 is 9.59 Å². The first-order valence-electron chi connectivity index (χ1n) is 8.53. The SMILES string of the molecule is CCCNC(=O)C1CCN(C(=O)C(C)c2c(C)n[nH]c2C)CC1. The highest BCUT2D eigenvalue weighted by Crippen LogP contribution is 2.26. The molecule has 0 saturated carbocycles. The van der Waals surface area contributed by atoms with E-state index in [0.29, 0.717) is 13.1 Å². The number of carbonyl (C=O) groups excluding carboxylic acids is 2. The van der Waals surface area contributed by atoms with Crippen LogP contribution in [0.3, 0.4) is 0 Å². The molecule has 1 aliphatic rings. The summed E-state index contributed by atoms with van der Waals surface area (Å²) in [7, 11) is 0. The molecular weight excluding hydrogens is 292 g/mol. The molecule has 1 fully saturated rings. The van der Waals surface area contributed by atoms with Gasteiger partial charge in [-0.25, -0.2) is 0 Å². The topological polar surface area (TPSA) is 78.1 Å². The summed E-state index contributed by atoms with van der Waals surface area (Å²) in [4.78, 5) is 26.6. The van der Waals surface area contributed by atoms with Crippen LogP contribution in [0, 0.1) is 19.8 Å². The summed E-state index contributed by atoms with van der Waals surface area (Å²) >= 11 is 0. The molecule has 2 heterocycles. The maximum Gasteiger partial charge on any atom is 0.229 e. The second kappa shape index (κ2) is 7.62. The molecule has 2 amide bonds. The molecule has 0 aliphatic carbocycles. The molecule has 1 aliphatic heterocycles. The Balaban J connectivity index is 1.92. The fourth-order valence-electron chi connectivity index (χ4n) is 3.35. The van der Waals surface area contributed by atoms with Crippen LogP contribution in [0.4, 0.5) is 0 Å². The lowest BCUT2D eigenvalue weighted by atomic mass is 9.93. The Morgan fingerprint density at radius 1 is 1.35 bits per heavy atom. The maximum absolute atomic E-state index is 12.7. The molecule has 0 radical (unpaired) electrons. The van der Waals surface area contributed by atoms with Crippen molar-refractivity contribution in [3.05, 3.63) is 17.0 Å². The van der Waals surface area contributed by atoms with Crippen LogP contribution in [0.5, 0.6) is 0 Å². The fourth-order valence-corrected chi connectivity index (χ4v) is 3.35. The van der Waals surface area contributed by atoms with E-state index in [2.05, 4.69) is 15.5 Å². The van der Waals surface area contributed by atoms with Gasteiger partial charge in [0.2, 0.25) is 11.8 Å². The standard InChI is InChI=1S/C17H28N4O2/c1-5-8-18-16(22)14-6-9-21(10-7-14)17(23)11(2)15-12(3)19-20-13(15)4/h11,14H,5-10H2,1-4H3,(H,18,22)(H,19,20). The highest BCUT2D eigenvalue weighted by Gasteiger charge is 2.31. The summed E-state index contributed by atoms with van der Waals surface area (Å²) in [5.74, 6) is 0.107. The zero-order valence-electron chi connectivity index (χ0n) is 14.6. The molecule has 2 rings (SSSR count). The number of piperidine rings is 1. The van der Waals surface area contributed by atoms with E-state index in [4.69, 9.17) is 0 Å². The minimum absolute atomic E-state index is 0.0401. The zero-order chi connectivity index (χ0) is 17.0. The lowest BCUT2D eigenvalue weighted by Crippen LogP contribution is -2.44. The van der Waals surface area contributed by atoms with Crippen LogP contribution in [0.2, 0.25) is 0 Å². The van der Waals surface area contributed by atoms with Crippen molar-refractivity contribution >= 4 is 11.8 Å². The Morgan fingerprint density at radius 2 is 2.00 bits per heavy atom. The molecule has 0 bridgehead atoms. The van der Waals surface area contributed by atoms with E-state index < -0.39 is 0 Å². The van der Waals surface area contributed by atoms with E-state index in [1.165, 1.54) is 0 Å². The van der Waals surface area contributed by atoms with Gasteiger partial charge in [-0.2, -0.15) is 5.10 Å². The lowest BCUT2D eigenvalue weighted by Gasteiger charge is -2.33. The number of amides is 2. The minimum Gasteiger partial charge on any atom is -0.356 e. The fraction of sp³-hybridized carbons (Fsp3) is 0.706. The first-order chi connectivity index (χ1) is 11.0. The first kappa shape index (κ1) is 17.5. The van der Waals surface area contributed by atoms with Crippen molar-refractivity contribution in [1.82, 2.24) is 20.4 Å². The Labute approximate surface area is 138 Å². The largest absolute Gasteiger partial charge is 0.356 e. The highest BCUT2D eigenvalue weighted by molar-refractivity contribution is 5.84. The Hall–Kier alpha value is -1.85. The summed E-state index contributed by atoms with van der Waals surface area (Å²) in [6.45, 7) is 9.90. The van der Waals surface area contributed by atoms with Crippen LogP contribution in [-0.2, 0) is 9.59 Å². The number of H-pyrrole nitrogens is 1. The maximum atomic E-state index is 12.7. The number of aromatic nitrogens is 2. The second-order valence-corrected chi connectivity index (χ2v) is 6.46. The summed E-state index contributed by atoms with van der Waals surface area (Å²) in [5, 5.41) is 10.1. The van der Waals surface area contributed by atoms with E-state index in [9.17, 15) is 9.59 Å². The van der Waals surface area contributed by atoms with Crippen molar-refractivity contribution in [1.29, 1.82) is 0 Å². The third-order valence-corrected chi connectivity index (χ3v) is 4.72. The van der Waals surface area contributed by atoms with Gasteiger partial charge in [0, 0.05) is 36.8 Å². The number of aromatic amines is 1. The van der Waals surface area contributed by atoms with Gasteiger partial charge in [-0.15, -0.1) is 0 Å². The van der Waals surface area contributed by atoms with E-state index >= 15 is 0 Å². The van der Waals surface area contributed by atoms with Crippen molar-refractivity contribution in [3.63, 3.8) is 0 Å². The summed E-state index contributed by atoms with van der Waals surface area (Å²) < 4.78 is 0. The molecule has 2 N–H and O–H groups in total. The minimum atomic E-state index is -0.195. The van der Waals surface area contributed by atoms with E-state index in [1.807, 2.05) is 32.6 Å². The van der Waals surface area contributed by atoms with Crippen LogP contribution in [0.15, 0.2) is 0 Å². The Morgan fingerprint density at radius 3 is 2.52 bits per heavy atom. The van der Waals surface area contributed by atoms with Crippen LogP contribution in [-0.4, -0.2) is 46.5 Å². The summed E-state index contributed by atoms with van der Waals surface area (Å²) in [6, 6.07) is 0. The van der Waals surface area contributed by atoms with Crippen molar-refractivity contribution in [3.8, 4) is 0 Å². The smallest absolute Gasteiger partial charge is 0.229 e. The first-order valence-corrected chi connectivity index (χ1v) is 8.53. The van der Waals surface area contributed by atoms with Crippen molar-refractivity contribution in [2.45, 2.75) is 52.9 Å². The molecule has 1 saturated heterocycles.